The van der Waals surface area contributed by atoms with Crippen molar-refractivity contribution in [2.45, 2.75) is 120 Å². The minimum Gasteiger partial charge on any atom is -0.462 e. The molecule has 0 saturated carbocycles. The first-order valence-electron chi connectivity index (χ1n) is 13.3. The average Bonchev–Trinajstić information content (AvgIpc) is 2.91. The van der Waals surface area contributed by atoms with Crippen LogP contribution < -0.4 is 0 Å². The Morgan fingerprint density at radius 1 is 0.643 bits per heavy atom. The zero-order valence-electron chi connectivity index (χ0n) is 23.4. The number of unbranched alkanes of at least 4 members (excludes halogenated alkanes) is 4. The molecule has 0 aromatic carbocycles. The van der Waals surface area contributed by atoms with Crippen molar-refractivity contribution in [3.05, 3.63) is 12.2 Å². The molecule has 250 valence electrons. The fraction of sp³-hybridized carbons (Fsp3) is 0.885. The van der Waals surface area contributed by atoms with Crippen LogP contribution >= 0.6 is 0 Å². The Kier molecular flexibility index (Phi) is 14.7. The molecular formula is C26H38F12O4. The largest absolute Gasteiger partial charge is 0.462 e. The number of ether oxygens (including phenoxy) is 1. The lowest BCUT2D eigenvalue weighted by Crippen LogP contribution is -2.70. The average molecular weight is 643 g/mol. The van der Waals surface area contributed by atoms with Crippen LogP contribution in [0.25, 0.3) is 0 Å². The number of carbonyl (C=O) groups excluding carboxylic acids is 1. The molecule has 0 atom stereocenters. The summed E-state index contributed by atoms with van der Waals surface area (Å²) in [6.07, 6.45) is -5.42. The van der Waals surface area contributed by atoms with E-state index in [4.69, 9.17) is 0 Å². The van der Waals surface area contributed by atoms with Crippen LogP contribution in [0.1, 0.15) is 84.5 Å². The van der Waals surface area contributed by atoms with E-state index in [9.17, 15) is 67.7 Å². The van der Waals surface area contributed by atoms with Gasteiger partial charge in [0.2, 0.25) is 0 Å². The summed E-state index contributed by atoms with van der Waals surface area (Å²) in [7, 11) is 0. The molecule has 2 N–H and O–H groups in total. The molecule has 0 unspecified atom stereocenters. The highest BCUT2D eigenvalue weighted by molar-refractivity contribution is 5.87. The molecule has 16 heteroatoms. The normalized spacial score (nSPS) is 14.3. The van der Waals surface area contributed by atoms with Gasteiger partial charge in [0.1, 0.15) is 0 Å². The molecule has 0 heterocycles. The van der Waals surface area contributed by atoms with Crippen LogP contribution in [0.4, 0.5) is 52.7 Å². The molecule has 0 fully saturated rings. The van der Waals surface area contributed by atoms with Crippen molar-refractivity contribution in [2.24, 2.45) is 5.41 Å². The molecule has 0 aromatic rings. The Morgan fingerprint density at radius 2 is 1.07 bits per heavy atom. The van der Waals surface area contributed by atoms with Crippen molar-refractivity contribution < 1.29 is 72.4 Å². The smallest absolute Gasteiger partial charge is 0.384 e. The predicted octanol–water partition coefficient (Wildman–Crippen LogP) is 8.20. The van der Waals surface area contributed by atoms with Gasteiger partial charge in [-0.3, -0.25) is 0 Å². The molecule has 0 spiro atoms. The lowest BCUT2D eigenvalue weighted by atomic mass is 9.81. The number of aliphatic hydroxyl groups is 2. The molecule has 42 heavy (non-hydrogen) atoms. The molecule has 0 aliphatic carbocycles. The number of aliphatic hydroxyl groups excluding tert-OH is 2. The van der Waals surface area contributed by atoms with E-state index in [2.05, 4.69) is 11.3 Å². The number of hydrogen-bond acceptors (Lipinski definition) is 4. The Balaban J connectivity index is 5.43. The van der Waals surface area contributed by atoms with Crippen LogP contribution in [0.15, 0.2) is 12.2 Å². The summed E-state index contributed by atoms with van der Waals surface area (Å²) >= 11 is 0. The minimum atomic E-state index is -7.63. The number of halogens is 12. The highest BCUT2D eigenvalue weighted by atomic mass is 19.4. The van der Waals surface area contributed by atoms with Gasteiger partial charge >= 0.3 is 41.5 Å². The first kappa shape index (κ1) is 40.3. The van der Waals surface area contributed by atoms with E-state index in [0.717, 1.165) is 0 Å². The van der Waals surface area contributed by atoms with Crippen LogP contribution in [0.5, 0.6) is 0 Å². The number of rotatable bonds is 22. The van der Waals surface area contributed by atoms with Crippen molar-refractivity contribution in [3.8, 4) is 0 Å². The van der Waals surface area contributed by atoms with Crippen molar-refractivity contribution in [3.63, 3.8) is 0 Å². The number of esters is 1. The summed E-state index contributed by atoms with van der Waals surface area (Å²) in [5.74, 6) is -42.9. The molecule has 0 aliphatic rings. The number of alkyl halides is 12. The van der Waals surface area contributed by atoms with Gasteiger partial charge in [0, 0.05) is 23.8 Å². The molecule has 0 radical (unpaired) electrons. The van der Waals surface area contributed by atoms with Gasteiger partial charge in [-0.1, -0.05) is 46.1 Å². The summed E-state index contributed by atoms with van der Waals surface area (Å²) in [6.45, 7) is 4.60. The second kappa shape index (κ2) is 15.3. The van der Waals surface area contributed by atoms with E-state index in [1.54, 1.807) is 13.8 Å². The molecule has 0 aromatic heterocycles. The Labute approximate surface area is 236 Å². The zero-order chi connectivity index (χ0) is 33.3. The Morgan fingerprint density at radius 3 is 1.48 bits per heavy atom. The number of hydrogen-bond donors (Lipinski definition) is 2. The van der Waals surface area contributed by atoms with Gasteiger partial charge in [-0.25, -0.2) is 4.79 Å². The van der Waals surface area contributed by atoms with E-state index < -0.39 is 92.4 Å². The van der Waals surface area contributed by atoms with Gasteiger partial charge in [-0.15, -0.1) is 0 Å². The standard InChI is InChI=1S/C26H38F12O4/c1-4-6-7-8-9-12-21(27,28)23(31,32)25(35,36)26(37,38)24(33,34)22(29,30)13-10-15-42-19(41)18(3)11-14-20(5-2,16-39)17-40/h39-40H,3-17H2,1-2H3. The van der Waals surface area contributed by atoms with Crippen molar-refractivity contribution in [1.29, 1.82) is 0 Å². The van der Waals surface area contributed by atoms with Gasteiger partial charge in [0.25, 0.3) is 0 Å². The topological polar surface area (TPSA) is 66.8 Å². The van der Waals surface area contributed by atoms with Crippen LogP contribution in [0.2, 0.25) is 0 Å². The lowest BCUT2D eigenvalue weighted by molar-refractivity contribution is -0.425. The van der Waals surface area contributed by atoms with Crippen LogP contribution in [-0.2, 0) is 9.53 Å². The first-order chi connectivity index (χ1) is 19.0. The van der Waals surface area contributed by atoms with E-state index in [0.29, 0.717) is 12.8 Å². The monoisotopic (exact) mass is 642 g/mol. The second-order valence-electron chi connectivity index (χ2n) is 10.4. The quantitative estimate of drug-likeness (QED) is 0.0541. The molecule has 0 amide bonds. The van der Waals surface area contributed by atoms with Gasteiger partial charge in [-0.2, -0.15) is 52.7 Å². The van der Waals surface area contributed by atoms with Crippen molar-refractivity contribution in [2.75, 3.05) is 19.8 Å². The maximum Gasteiger partial charge on any atom is 0.384 e. The molecule has 4 nitrogen and oxygen atoms in total. The Hall–Kier alpha value is -1.71. The van der Waals surface area contributed by atoms with Gasteiger partial charge < -0.3 is 14.9 Å². The zero-order valence-corrected chi connectivity index (χ0v) is 23.4. The third kappa shape index (κ3) is 8.69. The maximum absolute atomic E-state index is 14.1. The molecule has 0 rings (SSSR count). The minimum absolute atomic E-state index is 0.0283. The molecular weight excluding hydrogens is 604 g/mol. The Bertz CT molecular complexity index is 850. The molecule has 0 bridgehead atoms. The van der Waals surface area contributed by atoms with Crippen LogP contribution in [0.3, 0.4) is 0 Å². The fourth-order valence-corrected chi connectivity index (χ4v) is 3.81. The third-order valence-electron chi connectivity index (χ3n) is 7.23. The SMILES string of the molecule is C=C(CCC(CC)(CO)CO)C(=O)OCCCC(F)(F)C(F)(F)C(F)(F)C(F)(F)C(F)(F)C(F)(F)CCCCCCC. The van der Waals surface area contributed by atoms with Crippen LogP contribution in [0, 0.1) is 5.41 Å². The summed E-state index contributed by atoms with van der Waals surface area (Å²) < 4.78 is 173. The number of carbonyl (C=O) groups is 1. The summed E-state index contributed by atoms with van der Waals surface area (Å²) in [6, 6.07) is 0. The summed E-state index contributed by atoms with van der Waals surface area (Å²) in [5, 5.41) is 18.8. The van der Waals surface area contributed by atoms with Crippen LogP contribution in [-0.4, -0.2) is 71.5 Å². The van der Waals surface area contributed by atoms with E-state index in [1.807, 2.05) is 0 Å². The summed E-state index contributed by atoms with van der Waals surface area (Å²) in [5.41, 5.74) is -1.29. The third-order valence-corrected chi connectivity index (χ3v) is 7.23. The van der Waals surface area contributed by atoms with Gasteiger partial charge in [0.15, 0.2) is 0 Å². The van der Waals surface area contributed by atoms with E-state index >= 15 is 0 Å². The molecule has 0 saturated heterocycles. The highest BCUT2D eigenvalue weighted by Gasteiger charge is 2.89. The van der Waals surface area contributed by atoms with E-state index in [1.165, 1.54) is 0 Å². The molecule has 0 aliphatic heterocycles. The van der Waals surface area contributed by atoms with E-state index in [-0.39, 0.29) is 37.7 Å². The summed E-state index contributed by atoms with van der Waals surface area (Å²) in [4.78, 5) is 11.9. The van der Waals surface area contributed by atoms with Gasteiger partial charge in [0.05, 0.1) is 19.8 Å². The first-order valence-corrected chi connectivity index (χ1v) is 13.3. The highest BCUT2D eigenvalue weighted by Crippen LogP contribution is 2.61. The lowest BCUT2D eigenvalue weighted by Gasteiger charge is -2.41. The predicted molar refractivity (Wildman–Crippen MR) is 129 cm³/mol. The fourth-order valence-electron chi connectivity index (χ4n) is 3.81. The van der Waals surface area contributed by atoms with Gasteiger partial charge in [-0.05, 0) is 32.1 Å². The van der Waals surface area contributed by atoms with Crippen molar-refractivity contribution in [1.82, 2.24) is 0 Å². The van der Waals surface area contributed by atoms with Crippen molar-refractivity contribution >= 4 is 5.97 Å². The second-order valence-corrected chi connectivity index (χ2v) is 10.4. The maximum atomic E-state index is 14.1.